The van der Waals surface area contributed by atoms with Gasteiger partial charge in [0.2, 0.25) is 0 Å². The highest BCUT2D eigenvalue weighted by Crippen LogP contribution is 2.09. The van der Waals surface area contributed by atoms with Gasteiger partial charge in [-0.25, -0.2) is 4.79 Å². The lowest BCUT2D eigenvalue weighted by Crippen LogP contribution is -2.34. The second kappa shape index (κ2) is 7.50. The summed E-state index contributed by atoms with van der Waals surface area (Å²) in [4.78, 5) is 12.3. The predicted molar refractivity (Wildman–Crippen MR) is 74.3 cm³/mol. The first-order valence-corrected chi connectivity index (χ1v) is 6.42. The maximum Gasteiger partial charge on any atom is 0.407 e. The molecule has 0 aliphatic carbocycles. The first-order chi connectivity index (χ1) is 8.13. The van der Waals surface area contributed by atoms with Crippen LogP contribution in [0, 0.1) is 3.57 Å². The van der Waals surface area contributed by atoms with Crippen molar-refractivity contribution in [2.24, 2.45) is 0 Å². The van der Waals surface area contributed by atoms with Crippen LogP contribution in [0.2, 0.25) is 0 Å². The van der Waals surface area contributed by atoms with Crippen molar-refractivity contribution in [2.75, 3.05) is 26.8 Å². The van der Waals surface area contributed by atoms with Crippen LogP contribution in [0.1, 0.15) is 5.56 Å². The van der Waals surface area contributed by atoms with Crippen molar-refractivity contribution >= 4 is 28.7 Å². The maximum atomic E-state index is 11.0. The predicted octanol–water partition coefficient (Wildman–Crippen LogP) is 2.46. The Morgan fingerprint density at radius 2 is 2.24 bits per heavy atom. The van der Waals surface area contributed by atoms with Crippen LogP contribution in [-0.4, -0.2) is 42.9 Å². The van der Waals surface area contributed by atoms with E-state index in [4.69, 9.17) is 9.84 Å². The molecule has 0 aliphatic heterocycles. The summed E-state index contributed by atoms with van der Waals surface area (Å²) in [6.45, 7) is 1.34. The lowest BCUT2D eigenvalue weighted by atomic mass is 10.1. The lowest BCUT2D eigenvalue weighted by molar-refractivity contribution is 0.119. The van der Waals surface area contributed by atoms with Crippen molar-refractivity contribution in [3.05, 3.63) is 33.4 Å². The fourth-order valence-corrected chi connectivity index (χ4v) is 2.07. The van der Waals surface area contributed by atoms with Crippen molar-refractivity contribution < 1.29 is 14.6 Å². The zero-order valence-electron chi connectivity index (χ0n) is 9.73. The van der Waals surface area contributed by atoms with Crippen LogP contribution < -0.4 is 0 Å². The number of benzene rings is 1. The summed E-state index contributed by atoms with van der Waals surface area (Å²) in [5.74, 6) is 0. The van der Waals surface area contributed by atoms with Gasteiger partial charge in [-0.2, -0.15) is 0 Å². The first-order valence-electron chi connectivity index (χ1n) is 5.34. The van der Waals surface area contributed by atoms with E-state index >= 15 is 0 Å². The third kappa shape index (κ3) is 5.36. The van der Waals surface area contributed by atoms with E-state index in [0.717, 1.165) is 12.0 Å². The molecule has 0 saturated carbocycles. The molecule has 1 N–H and O–H groups in total. The molecule has 1 rings (SSSR count). The average molecular weight is 349 g/mol. The molecule has 94 valence electrons. The topological polar surface area (TPSA) is 49.8 Å². The molecule has 0 heterocycles. The molecule has 0 fully saturated rings. The molecule has 4 nitrogen and oxygen atoms in total. The fraction of sp³-hybridized carbons (Fsp3) is 0.417. The summed E-state index contributed by atoms with van der Waals surface area (Å²) in [6, 6.07) is 8.08. The van der Waals surface area contributed by atoms with Gasteiger partial charge < -0.3 is 14.7 Å². The van der Waals surface area contributed by atoms with E-state index in [-0.39, 0.29) is 0 Å². The number of carboxylic acid groups (broad SMARTS) is 1. The molecule has 0 bridgehead atoms. The second-order valence-corrected chi connectivity index (χ2v) is 4.89. The van der Waals surface area contributed by atoms with E-state index in [2.05, 4.69) is 28.7 Å². The van der Waals surface area contributed by atoms with Crippen molar-refractivity contribution in [1.82, 2.24) is 4.90 Å². The number of ether oxygens (including phenoxy) is 1. The van der Waals surface area contributed by atoms with E-state index in [9.17, 15) is 4.79 Å². The monoisotopic (exact) mass is 349 g/mol. The zero-order chi connectivity index (χ0) is 12.7. The number of hydrogen-bond acceptors (Lipinski definition) is 2. The number of amides is 1. The summed E-state index contributed by atoms with van der Waals surface area (Å²) in [7, 11) is 1.57. The summed E-state index contributed by atoms with van der Waals surface area (Å²) in [6.07, 6.45) is -0.167. The number of carbonyl (C=O) groups is 1. The van der Waals surface area contributed by atoms with Gasteiger partial charge in [0, 0.05) is 23.8 Å². The number of hydrogen-bond donors (Lipinski definition) is 1. The van der Waals surface area contributed by atoms with Gasteiger partial charge in [-0.15, -0.1) is 0 Å². The lowest BCUT2D eigenvalue weighted by Gasteiger charge is -2.18. The Balaban J connectivity index is 2.48. The summed E-state index contributed by atoms with van der Waals surface area (Å²) < 4.78 is 6.05. The molecule has 1 aromatic rings. The van der Waals surface area contributed by atoms with Gasteiger partial charge in [-0.1, -0.05) is 12.1 Å². The molecular formula is C12H16INO3. The highest BCUT2D eigenvalue weighted by atomic mass is 127. The number of nitrogens with zero attached hydrogens (tertiary/aromatic N) is 1. The molecule has 0 spiro atoms. The van der Waals surface area contributed by atoms with Crippen LogP contribution in [0.5, 0.6) is 0 Å². The van der Waals surface area contributed by atoms with Gasteiger partial charge >= 0.3 is 6.09 Å². The van der Waals surface area contributed by atoms with E-state index < -0.39 is 6.09 Å². The Kier molecular flexibility index (Phi) is 6.28. The first kappa shape index (κ1) is 14.2. The van der Waals surface area contributed by atoms with Gasteiger partial charge in [0.15, 0.2) is 0 Å². The molecule has 1 aromatic carbocycles. The Labute approximate surface area is 115 Å². The summed E-state index contributed by atoms with van der Waals surface area (Å²) in [5, 5.41) is 9.00. The number of halogens is 1. The molecular weight excluding hydrogens is 333 g/mol. The zero-order valence-corrected chi connectivity index (χ0v) is 11.9. The molecule has 0 atom stereocenters. The third-order valence-electron chi connectivity index (χ3n) is 2.40. The summed E-state index contributed by atoms with van der Waals surface area (Å²) >= 11 is 2.25. The molecule has 0 radical (unpaired) electrons. The highest BCUT2D eigenvalue weighted by Gasteiger charge is 2.10. The fourth-order valence-electron chi connectivity index (χ4n) is 1.46. The van der Waals surface area contributed by atoms with Gasteiger partial charge in [0.05, 0.1) is 6.61 Å². The van der Waals surface area contributed by atoms with Crippen LogP contribution in [0.15, 0.2) is 24.3 Å². The largest absolute Gasteiger partial charge is 0.465 e. The van der Waals surface area contributed by atoms with Crippen molar-refractivity contribution in [3.8, 4) is 0 Å². The Morgan fingerprint density at radius 3 is 2.82 bits per heavy atom. The van der Waals surface area contributed by atoms with Gasteiger partial charge in [-0.05, 0) is 46.7 Å². The van der Waals surface area contributed by atoms with Gasteiger partial charge in [-0.3, -0.25) is 0 Å². The second-order valence-electron chi connectivity index (χ2n) is 3.64. The molecule has 1 amide bonds. The van der Waals surface area contributed by atoms with Crippen LogP contribution in [0.4, 0.5) is 4.79 Å². The van der Waals surface area contributed by atoms with E-state index in [1.165, 1.54) is 8.47 Å². The van der Waals surface area contributed by atoms with Crippen LogP contribution in [-0.2, 0) is 11.2 Å². The molecule has 0 saturated heterocycles. The van der Waals surface area contributed by atoms with Crippen molar-refractivity contribution in [1.29, 1.82) is 0 Å². The molecule has 17 heavy (non-hydrogen) atoms. The Bertz CT molecular complexity index is 371. The number of methoxy groups -OCH3 is 1. The minimum Gasteiger partial charge on any atom is -0.465 e. The van der Waals surface area contributed by atoms with Gasteiger partial charge in [0.25, 0.3) is 0 Å². The van der Waals surface area contributed by atoms with Crippen molar-refractivity contribution in [3.63, 3.8) is 0 Å². The highest BCUT2D eigenvalue weighted by molar-refractivity contribution is 14.1. The molecule has 0 aromatic heterocycles. The van der Waals surface area contributed by atoms with Gasteiger partial charge in [0.1, 0.15) is 0 Å². The minimum atomic E-state index is -0.896. The molecule has 0 aliphatic rings. The van der Waals surface area contributed by atoms with Crippen LogP contribution >= 0.6 is 22.6 Å². The Morgan fingerprint density at radius 1 is 1.47 bits per heavy atom. The van der Waals surface area contributed by atoms with E-state index in [1.54, 1.807) is 7.11 Å². The molecule has 5 heteroatoms. The van der Waals surface area contributed by atoms with Crippen molar-refractivity contribution in [2.45, 2.75) is 6.42 Å². The maximum absolute atomic E-state index is 11.0. The standard InChI is InChI=1S/C12H16INO3/c1-17-8-7-14(12(15)16)6-5-10-3-2-4-11(13)9-10/h2-4,9H,5-8H2,1H3,(H,15,16). The average Bonchev–Trinajstić information content (AvgIpc) is 2.28. The van der Waals surface area contributed by atoms with E-state index in [0.29, 0.717) is 19.7 Å². The number of rotatable bonds is 6. The quantitative estimate of drug-likeness (QED) is 0.803. The third-order valence-corrected chi connectivity index (χ3v) is 3.07. The Hall–Kier alpha value is -0.820. The van der Waals surface area contributed by atoms with E-state index in [1.807, 2.05) is 18.2 Å². The molecule has 0 unspecified atom stereocenters. The SMILES string of the molecule is COCCN(CCc1cccc(I)c1)C(=O)O. The normalized spacial score (nSPS) is 10.2. The summed E-state index contributed by atoms with van der Waals surface area (Å²) in [5.41, 5.74) is 1.15. The van der Waals surface area contributed by atoms with Crippen LogP contribution in [0.3, 0.4) is 0 Å². The smallest absolute Gasteiger partial charge is 0.407 e. The van der Waals surface area contributed by atoms with Crippen LogP contribution in [0.25, 0.3) is 0 Å². The minimum absolute atomic E-state index is 0.412.